The fourth-order valence-corrected chi connectivity index (χ4v) is 5.15. The summed E-state index contributed by atoms with van der Waals surface area (Å²) in [5, 5.41) is 5.56. The number of fused-ring (bicyclic) bond motifs is 1. The fraction of sp³-hybridized carbons (Fsp3) is 0.0909. The van der Waals surface area contributed by atoms with Crippen molar-refractivity contribution in [2.45, 2.75) is 11.8 Å². The van der Waals surface area contributed by atoms with Gasteiger partial charge >= 0.3 is 0 Å². The molecule has 2 N–H and O–H groups in total. The number of benzene rings is 4. The van der Waals surface area contributed by atoms with Crippen LogP contribution in [0.1, 0.15) is 43.6 Å². The summed E-state index contributed by atoms with van der Waals surface area (Å²) >= 11 is 1.33. The van der Waals surface area contributed by atoms with Crippen molar-refractivity contribution in [3.63, 3.8) is 0 Å². The van der Waals surface area contributed by atoms with Gasteiger partial charge in [0.05, 0.1) is 23.6 Å². The Morgan fingerprint density at radius 3 is 2.10 bits per heavy atom. The molecule has 0 aromatic heterocycles. The van der Waals surface area contributed by atoms with E-state index in [4.69, 9.17) is 4.74 Å². The van der Waals surface area contributed by atoms with Crippen LogP contribution >= 0.6 is 11.8 Å². The maximum Gasteiger partial charge on any atom is 0.272 e. The molecule has 0 atom stereocenters. The number of hydrogen-bond donors (Lipinski definition) is 2. The van der Waals surface area contributed by atoms with Crippen LogP contribution in [0, 0.1) is 0 Å². The van der Waals surface area contributed by atoms with Gasteiger partial charge in [-0.3, -0.25) is 24.1 Å². The predicted molar refractivity (Wildman–Crippen MR) is 162 cm³/mol. The fourth-order valence-electron chi connectivity index (χ4n) is 4.31. The van der Waals surface area contributed by atoms with Gasteiger partial charge in [-0.15, -0.1) is 11.8 Å². The standard InChI is InChI=1S/C33H27N3O5S/c1-2-41-29-15-9-6-12-23(29)20-28(35-30(37)22-10-4-3-5-11-22)31(38)34-24-16-18-25(19-17-24)42-21-36-32(39)26-13-7-8-14-27(26)33(36)40/h3-20H,2,21H2,1H3,(H,34,38)(H,35,37)/b28-20-. The predicted octanol–water partition coefficient (Wildman–Crippen LogP) is 5.84. The first-order chi connectivity index (χ1) is 20.4. The van der Waals surface area contributed by atoms with Crippen molar-refractivity contribution in [2.24, 2.45) is 0 Å². The summed E-state index contributed by atoms with van der Waals surface area (Å²) in [7, 11) is 0. The van der Waals surface area contributed by atoms with Gasteiger partial charge in [0.2, 0.25) is 0 Å². The molecule has 5 rings (SSSR count). The van der Waals surface area contributed by atoms with E-state index < -0.39 is 11.8 Å². The Morgan fingerprint density at radius 1 is 0.810 bits per heavy atom. The number of ether oxygens (including phenoxy) is 1. The van der Waals surface area contributed by atoms with Crippen molar-refractivity contribution in [1.29, 1.82) is 0 Å². The van der Waals surface area contributed by atoms with Crippen LogP contribution in [0.4, 0.5) is 5.69 Å². The normalized spacial score (nSPS) is 12.6. The average Bonchev–Trinajstić information content (AvgIpc) is 3.26. The SMILES string of the molecule is CCOc1ccccc1/C=C(\NC(=O)c1ccccc1)C(=O)Nc1ccc(SCN2C(=O)c3ccccc3C2=O)cc1. The molecule has 8 nitrogen and oxygen atoms in total. The number of para-hydroxylation sites is 1. The molecule has 210 valence electrons. The van der Waals surface area contributed by atoms with Gasteiger partial charge < -0.3 is 15.4 Å². The van der Waals surface area contributed by atoms with Crippen molar-refractivity contribution in [3.8, 4) is 5.75 Å². The van der Waals surface area contributed by atoms with Gasteiger partial charge in [0.15, 0.2) is 0 Å². The molecule has 0 spiro atoms. The highest BCUT2D eigenvalue weighted by Crippen LogP contribution is 2.28. The van der Waals surface area contributed by atoms with Gasteiger partial charge in [0.25, 0.3) is 23.6 Å². The smallest absolute Gasteiger partial charge is 0.272 e. The highest BCUT2D eigenvalue weighted by Gasteiger charge is 2.34. The summed E-state index contributed by atoms with van der Waals surface area (Å²) in [5.41, 5.74) is 2.41. The largest absolute Gasteiger partial charge is 0.493 e. The van der Waals surface area contributed by atoms with E-state index >= 15 is 0 Å². The number of anilines is 1. The van der Waals surface area contributed by atoms with Gasteiger partial charge in [-0.05, 0) is 67.6 Å². The Labute approximate surface area is 247 Å². The number of imide groups is 1. The molecule has 0 saturated heterocycles. The van der Waals surface area contributed by atoms with Gasteiger partial charge in [0, 0.05) is 21.7 Å². The number of rotatable bonds is 10. The minimum Gasteiger partial charge on any atom is -0.493 e. The molecular weight excluding hydrogens is 550 g/mol. The Morgan fingerprint density at radius 2 is 1.43 bits per heavy atom. The summed E-state index contributed by atoms with van der Waals surface area (Å²) < 4.78 is 5.69. The lowest BCUT2D eigenvalue weighted by Crippen LogP contribution is -2.30. The molecule has 4 aromatic rings. The second-order valence-electron chi connectivity index (χ2n) is 9.18. The average molecular weight is 578 g/mol. The molecular formula is C33H27N3O5S. The summed E-state index contributed by atoms with van der Waals surface area (Å²) in [6.45, 7) is 2.31. The third-order valence-corrected chi connectivity index (χ3v) is 7.39. The van der Waals surface area contributed by atoms with Crippen molar-refractivity contribution in [3.05, 3.63) is 131 Å². The van der Waals surface area contributed by atoms with Crippen LogP contribution in [-0.4, -0.2) is 41.0 Å². The second-order valence-corrected chi connectivity index (χ2v) is 10.2. The van der Waals surface area contributed by atoms with Crippen molar-refractivity contribution in [1.82, 2.24) is 10.2 Å². The first-order valence-electron chi connectivity index (χ1n) is 13.2. The van der Waals surface area contributed by atoms with Crippen LogP contribution in [0.15, 0.2) is 114 Å². The highest BCUT2D eigenvalue weighted by molar-refractivity contribution is 7.99. The van der Waals surface area contributed by atoms with Gasteiger partial charge in [-0.25, -0.2) is 0 Å². The summed E-state index contributed by atoms with van der Waals surface area (Å²) in [4.78, 5) is 53.6. The number of carbonyl (C=O) groups excluding carboxylic acids is 4. The van der Waals surface area contributed by atoms with E-state index in [1.807, 2.05) is 19.1 Å². The van der Waals surface area contributed by atoms with E-state index in [1.165, 1.54) is 16.7 Å². The Hall–Kier alpha value is -5.15. The molecule has 1 aliphatic rings. The third kappa shape index (κ3) is 6.42. The van der Waals surface area contributed by atoms with Crippen LogP contribution in [-0.2, 0) is 4.79 Å². The van der Waals surface area contributed by atoms with Crippen molar-refractivity contribution in [2.75, 3.05) is 17.8 Å². The molecule has 9 heteroatoms. The minimum atomic E-state index is -0.517. The molecule has 0 fully saturated rings. The van der Waals surface area contributed by atoms with Crippen LogP contribution in [0.2, 0.25) is 0 Å². The number of thioether (sulfide) groups is 1. The zero-order valence-corrected chi connectivity index (χ0v) is 23.5. The summed E-state index contributed by atoms with van der Waals surface area (Å²) in [6.07, 6.45) is 1.58. The molecule has 42 heavy (non-hydrogen) atoms. The molecule has 0 unspecified atom stereocenters. The van der Waals surface area contributed by atoms with Crippen LogP contribution in [0.5, 0.6) is 5.75 Å². The third-order valence-electron chi connectivity index (χ3n) is 6.40. The maximum atomic E-state index is 13.4. The number of nitrogens with zero attached hydrogens (tertiary/aromatic N) is 1. The van der Waals surface area contributed by atoms with Crippen molar-refractivity contribution < 1.29 is 23.9 Å². The molecule has 1 aliphatic heterocycles. The number of nitrogens with one attached hydrogen (secondary N) is 2. The van der Waals surface area contributed by atoms with E-state index in [9.17, 15) is 19.2 Å². The van der Waals surface area contributed by atoms with E-state index in [2.05, 4.69) is 10.6 Å². The molecule has 4 aromatic carbocycles. The molecule has 0 aliphatic carbocycles. The molecule has 1 heterocycles. The Balaban J connectivity index is 1.29. The minimum absolute atomic E-state index is 0.0417. The van der Waals surface area contributed by atoms with Gasteiger partial charge in [0.1, 0.15) is 11.4 Å². The van der Waals surface area contributed by atoms with Crippen LogP contribution in [0.3, 0.4) is 0 Å². The lowest BCUT2D eigenvalue weighted by molar-refractivity contribution is -0.113. The lowest BCUT2D eigenvalue weighted by Gasteiger charge is -2.14. The second kappa shape index (κ2) is 13.0. The Bertz CT molecular complexity index is 1630. The lowest BCUT2D eigenvalue weighted by atomic mass is 10.1. The van der Waals surface area contributed by atoms with Crippen LogP contribution < -0.4 is 15.4 Å². The van der Waals surface area contributed by atoms with E-state index in [-0.39, 0.29) is 23.4 Å². The summed E-state index contributed by atoms with van der Waals surface area (Å²) in [6, 6.07) is 29.6. The zero-order valence-electron chi connectivity index (χ0n) is 22.7. The first kappa shape index (κ1) is 28.4. The van der Waals surface area contributed by atoms with Crippen molar-refractivity contribution >= 4 is 47.2 Å². The van der Waals surface area contributed by atoms with Gasteiger partial charge in [-0.1, -0.05) is 48.5 Å². The molecule has 4 amide bonds. The molecule has 0 radical (unpaired) electrons. The first-order valence-corrected chi connectivity index (χ1v) is 14.2. The monoisotopic (exact) mass is 577 g/mol. The number of amides is 4. The number of hydrogen-bond acceptors (Lipinski definition) is 6. The quantitative estimate of drug-likeness (QED) is 0.139. The maximum absolute atomic E-state index is 13.4. The highest BCUT2D eigenvalue weighted by atomic mass is 32.2. The van der Waals surface area contributed by atoms with E-state index in [0.717, 1.165) is 4.90 Å². The zero-order chi connectivity index (χ0) is 29.5. The van der Waals surface area contributed by atoms with E-state index in [0.29, 0.717) is 40.3 Å². The van der Waals surface area contributed by atoms with Crippen LogP contribution in [0.25, 0.3) is 6.08 Å². The molecule has 0 bridgehead atoms. The van der Waals surface area contributed by atoms with E-state index in [1.54, 1.807) is 97.1 Å². The number of carbonyl (C=O) groups is 4. The van der Waals surface area contributed by atoms with Gasteiger partial charge in [-0.2, -0.15) is 0 Å². The Kier molecular flexibility index (Phi) is 8.79. The summed E-state index contributed by atoms with van der Waals surface area (Å²) in [5.74, 6) is -0.818. The molecule has 0 saturated carbocycles. The topological polar surface area (TPSA) is 105 Å².